The SMILES string of the molecule is OC(CN(Cc1c(F)ccc(C(F)(F)F)c1F)c1cccc(OC2=CCC=CC=C2)c1)C(F)(F)F. The number of hydrogen-bond donors (Lipinski definition) is 1. The van der Waals surface area contributed by atoms with E-state index in [4.69, 9.17) is 4.74 Å². The molecule has 0 bridgehead atoms. The molecule has 35 heavy (non-hydrogen) atoms. The molecular weight excluding hydrogens is 486 g/mol. The van der Waals surface area contributed by atoms with Crippen LogP contribution in [0, 0.1) is 11.6 Å². The smallest absolute Gasteiger partial charge is 0.419 e. The number of halogens is 8. The van der Waals surface area contributed by atoms with Crippen molar-refractivity contribution in [3.8, 4) is 5.75 Å². The molecular formula is C24H19F8NO2. The number of rotatable bonds is 7. The van der Waals surface area contributed by atoms with Gasteiger partial charge in [0.05, 0.1) is 12.1 Å². The predicted molar refractivity (Wildman–Crippen MR) is 113 cm³/mol. The van der Waals surface area contributed by atoms with Crippen LogP contribution in [0.4, 0.5) is 40.8 Å². The van der Waals surface area contributed by atoms with E-state index in [2.05, 4.69) is 0 Å². The Labute approximate surface area is 195 Å². The quantitative estimate of drug-likeness (QED) is 0.426. The molecule has 0 heterocycles. The van der Waals surface area contributed by atoms with Crippen molar-refractivity contribution in [3.63, 3.8) is 0 Å². The summed E-state index contributed by atoms with van der Waals surface area (Å²) in [5.41, 5.74) is -2.93. The van der Waals surface area contributed by atoms with Gasteiger partial charge in [0, 0.05) is 23.9 Å². The van der Waals surface area contributed by atoms with Crippen LogP contribution in [0.1, 0.15) is 17.5 Å². The number of benzene rings is 2. The van der Waals surface area contributed by atoms with Crippen LogP contribution in [-0.4, -0.2) is 23.9 Å². The molecule has 0 aromatic heterocycles. The lowest BCUT2D eigenvalue weighted by Gasteiger charge is -2.29. The molecule has 0 amide bonds. The van der Waals surface area contributed by atoms with E-state index in [1.165, 1.54) is 24.3 Å². The van der Waals surface area contributed by atoms with E-state index in [1.54, 1.807) is 24.3 Å². The Balaban J connectivity index is 1.98. The third-order valence-electron chi connectivity index (χ3n) is 4.99. The van der Waals surface area contributed by atoms with E-state index in [-0.39, 0.29) is 17.5 Å². The number of aliphatic hydroxyl groups excluding tert-OH is 1. The highest BCUT2D eigenvalue weighted by Gasteiger charge is 2.40. The minimum atomic E-state index is -5.15. The summed E-state index contributed by atoms with van der Waals surface area (Å²) in [6.45, 7) is -2.22. The molecule has 11 heteroatoms. The summed E-state index contributed by atoms with van der Waals surface area (Å²) in [6, 6.07) is 5.98. The standard InChI is InChI=1S/C24H19F8NO2/c25-20-11-10-19(23(27,28)29)22(26)18(20)13-33(14-21(34)24(30,31)32)15-6-5-9-17(12-15)35-16-7-3-1-2-4-8-16/h1-3,5-12,21,34H,4,13-14H2. The molecule has 0 saturated heterocycles. The average Bonchev–Trinajstić information content (AvgIpc) is 3.03. The van der Waals surface area contributed by atoms with Gasteiger partial charge < -0.3 is 14.7 Å². The van der Waals surface area contributed by atoms with E-state index < -0.39 is 54.3 Å². The fourth-order valence-corrected chi connectivity index (χ4v) is 3.24. The van der Waals surface area contributed by atoms with Gasteiger partial charge in [0.1, 0.15) is 23.1 Å². The van der Waals surface area contributed by atoms with Gasteiger partial charge in [-0.1, -0.05) is 24.3 Å². The van der Waals surface area contributed by atoms with Crippen LogP contribution < -0.4 is 9.64 Å². The molecule has 3 rings (SSSR count). The van der Waals surface area contributed by atoms with Gasteiger partial charge in [-0.05, 0) is 42.8 Å². The zero-order valence-electron chi connectivity index (χ0n) is 17.9. The summed E-state index contributed by atoms with van der Waals surface area (Å²) in [5, 5.41) is 9.59. The Morgan fingerprint density at radius 2 is 1.74 bits per heavy atom. The van der Waals surface area contributed by atoms with E-state index in [1.807, 2.05) is 6.08 Å². The molecule has 1 unspecified atom stereocenters. The fraction of sp³-hybridized carbons (Fsp3) is 0.250. The van der Waals surface area contributed by atoms with Gasteiger partial charge in [-0.15, -0.1) is 0 Å². The summed E-state index contributed by atoms with van der Waals surface area (Å²) in [6.07, 6.45) is -3.93. The first-order valence-corrected chi connectivity index (χ1v) is 10.2. The lowest BCUT2D eigenvalue weighted by molar-refractivity contribution is -0.200. The Hall–Kier alpha value is -3.34. The van der Waals surface area contributed by atoms with Crippen molar-refractivity contribution in [3.05, 3.63) is 95.3 Å². The molecule has 0 fully saturated rings. The van der Waals surface area contributed by atoms with Crippen molar-refractivity contribution in [1.29, 1.82) is 0 Å². The number of allylic oxidation sites excluding steroid dienone is 5. The molecule has 3 nitrogen and oxygen atoms in total. The number of anilines is 1. The summed E-state index contributed by atoms with van der Waals surface area (Å²) in [7, 11) is 0. The van der Waals surface area contributed by atoms with Gasteiger partial charge in [0.15, 0.2) is 6.10 Å². The third kappa shape index (κ3) is 6.84. The normalized spacial score (nSPS) is 14.9. The molecule has 1 aliphatic rings. The second kappa shape index (κ2) is 10.5. The first-order chi connectivity index (χ1) is 16.4. The number of ether oxygens (including phenoxy) is 1. The van der Waals surface area contributed by atoms with Gasteiger partial charge in [-0.3, -0.25) is 0 Å². The van der Waals surface area contributed by atoms with Crippen molar-refractivity contribution in [2.75, 3.05) is 11.4 Å². The van der Waals surface area contributed by atoms with Crippen molar-refractivity contribution in [1.82, 2.24) is 0 Å². The second-order valence-electron chi connectivity index (χ2n) is 7.55. The minimum Gasteiger partial charge on any atom is -0.458 e. The topological polar surface area (TPSA) is 32.7 Å². The van der Waals surface area contributed by atoms with Crippen LogP contribution in [0.15, 0.2) is 72.5 Å². The number of alkyl halides is 6. The molecule has 2 aromatic carbocycles. The van der Waals surface area contributed by atoms with Gasteiger partial charge in [0.25, 0.3) is 0 Å². The molecule has 0 spiro atoms. The van der Waals surface area contributed by atoms with Crippen LogP contribution in [-0.2, 0) is 12.7 Å². The summed E-state index contributed by atoms with van der Waals surface area (Å²) in [5.74, 6) is -2.76. The van der Waals surface area contributed by atoms with Gasteiger partial charge in [-0.25, -0.2) is 8.78 Å². The highest BCUT2D eigenvalue weighted by molar-refractivity contribution is 5.52. The Bertz CT molecular complexity index is 1140. The van der Waals surface area contributed by atoms with E-state index >= 15 is 0 Å². The molecule has 188 valence electrons. The maximum atomic E-state index is 14.6. The first kappa shape index (κ1) is 26.3. The third-order valence-corrected chi connectivity index (χ3v) is 4.99. The Morgan fingerprint density at radius 3 is 2.43 bits per heavy atom. The van der Waals surface area contributed by atoms with Gasteiger partial charge in [0.2, 0.25) is 0 Å². The summed E-state index contributed by atoms with van der Waals surface area (Å²) in [4.78, 5) is 0.728. The molecule has 2 aromatic rings. The van der Waals surface area contributed by atoms with Crippen molar-refractivity contribution in [2.45, 2.75) is 31.4 Å². The largest absolute Gasteiger partial charge is 0.458 e. The first-order valence-electron chi connectivity index (χ1n) is 10.2. The molecule has 1 aliphatic carbocycles. The number of aliphatic hydroxyl groups is 1. The van der Waals surface area contributed by atoms with Crippen LogP contribution in [0.5, 0.6) is 5.75 Å². The monoisotopic (exact) mass is 505 g/mol. The minimum absolute atomic E-state index is 0.0710. The van der Waals surface area contributed by atoms with E-state index in [0.717, 1.165) is 4.90 Å². The molecule has 0 saturated carbocycles. The Morgan fingerprint density at radius 1 is 1.00 bits per heavy atom. The van der Waals surface area contributed by atoms with Crippen LogP contribution in [0.3, 0.4) is 0 Å². The highest BCUT2D eigenvalue weighted by atomic mass is 19.4. The van der Waals surface area contributed by atoms with Crippen molar-refractivity contribution < 1.29 is 45.0 Å². The number of nitrogens with zero attached hydrogens (tertiary/aromatic N) is 1. The highest BCUT2D eigenvalue weighted by Crippen LogP contribution is 2.35. The van der Waals surface area contributed by atoms with E-state index in [9.17, 15) is 40.2 Å². The van der Waals surface area contributed by atoms with E-state index in [0.29, 0.717) is 18.2 Å². The van der Waals surface area contributed by atoms with Gasteiger partial charge >= 0.3 is 12.4 Å². The van der Waals surface area contributed by atoms with Crippen molar-refractivity contribution in [2.24, 2.45) is 0 Å². The zero-order chi connectivity index (χ0) is 25.8. The molecule has 0 aliphatic heterocycles. The van der Waals surface area contributed by atoms with Gasteiger partial charge in [-0.2, -0.15) is 26.3 Å². The lowest BCUT2D eigenvalue weighted by atomic mass is 10.1. The molecule has 0 radical (unpaired) electrons. The lowest BCUT2D eigenvalue weighted by Crippen LogP contribution is -2.41. The number of hydrogen-bond acceptors (Lipinski definition) is 3. The second-order valence-corrected chi connectivity index (χ2v) is 7.55. The Kier molecular flexibility index (Phi) is 7.89. The fourth-order valence-electron chi connectivity index (χ4n) is 3.24. The van der Waals surface area contributed by atoms with Crippen LogP contribution >= 0.6 is 0 Å². The summed E-state index contributed by atoms with van der Waals surface area (Å²) < 4.78 is 113. The summed E-state index contributed by atoms with van der Waals surface area (Å²) >= 11 is 0. The maximum absolute atomic E-state index is 14.6. The zero-order valence-corrected chi connectivity index (χ0v) is 17.9. The maximum Gasteiger partial charge on any atom is 0.419 e. The molecule has 1 N–H and O–H groups in total. The van der Waals surface area contributed by atoms with Crippen molar-refractivity contribution >= 4 is 5.69 Å². The molecule has 1 atom stereocenters. The predicted octanol–water partition coefficient (Wildman–Crippen LogP) is 6.69. The van der Waals surface area contributed by atoms with Crippen LogP contribution in [0.2, 0.25) is 0 Å². The van der Waals surface area contributed by atoms with Crippen LogP contribution in [0.25, 0.3) is 0 Å². The average molecular weight is 505 g/mol.